The van der Waals surface area contributed by atoms with Gasteiger partial charge in [0.25, 0.3) is 0 Å². The van der Waals surface area contributed by atoms with Gasteiger partial charge < -0.3 is 9.84 Å². The summed E-state index contributed by atoms with van der Waals surface area (Å²) >= 11 is 0. The number of carboxylic acid groups (broad SMARTS) is 1. The third-order valence-electron chi connectivity index (χ3n) is 1.76. The highest BCUT2D eigenvalue weighted by Crippen LogP contribution is 2.20. The van der Waals surface area contributed by atoms with E-state index in [4.69, 9.17) is 9.84 Å². The molecule has 0 aliphatic rings. The van der Waals surface area contributed by atoms with Crippen molar-refractivity contribution in [3.8, 4) is 0 Å². The molecular weight excluding hydrogens is 184 g/mol. The van der Waals surface area contributed by atoms with E-state index in [0.29, 0.717) is 0 Å². The molecule has 14 heavy (non-hydrogen) atoms. The van der Waals surface area contributed by atoms with Gasteiger partial charge in [0.05, 0.1) is 10.8 Å². The number of hydrogen-bond acceptors (Lipinski definition) is 3. The summed E-state index contributed by atoms with van der Waals surface area (Å²) in [7, 11) is 0. The van der Waals surface area contributed by atoms with E-state index in [1.165, 1.54) is 13.8 Å². The summed E-state index contributed by atoms with van der Waals surface area (Å²) in [5.41, 5.74) is -1.62. The normalized spacial score (nSPS) is 12.4. The number of aliphatic carboxylic acids is 1. The van der Waals surface area contributed by atoms with Gasteiger partial charge in [0.1, 0.15) is 6.61 Å². The number of carboxylic acids is 1. The number of carbonyl (C=O) groups is 2. The summed E-state index contributed by atoms with van der Waals surface area (Å²) in [6.45, 7) is 8.12. The molecule has 1 N–H and O–H groups in total. The number of esters is 1. The van der Waals surface area contributed by atoms with E-state index in [1.807, 2.05) is 0 Å². The summed E-state index contributed by atoms with van der Waals surface area (Å²) in [5, 5.41) is 8.77. The largest absolute Gasteiger partial charge is 0.481 e. The minimum absolute atomic E-state index is 0.0988. The molecule has 0 aliphatic heterocycles. The van der Waals surface area contributed by atoms with E-state index >= 15 is 0 Å². The van der Waals surface area contributed by atoms with Crippen LogP contribution in [0, 0.1) is 10.8 Å². The molecular formula is C10H18O4. The van der Waals surface area contributed by atoms with Gasteiger partial charge in [-0.2, -0.15) is 0 Å². The van der Waals surface area contributed by atoms with Gasteiger partial charge in [0.2, 0.25) is 0 Å². The number of hydrogen-bond donors (Lipinski definition) is 1. The highest BCUT2D eigenvalue weighted by atomic mass is 16.5. The van der Waals surface area contributed by atoms with Crippen LogP contribution >= 0.6 is 0 Å². The van der Waals surface area contributed by atoms with Gasteiger partial charge in [-0.25, -0.2) is 0 Å². The van der Waals surface area contributed by atoms with Crippen LogP contribution in [0.25, 0.3) is 0 Å². The lowest BCUT2D eigenvalue weighted by Crippen LogP contribution is -2.33. The third kappa shape index (κ3) is 3.77. The third-order valence-corrected chi connectivity index (χ3v) is 1.76. The number of carbonyl (C=O) groups excluding carboxylic acids is 1. The zero-order valence-electron chi connectivity index (χ0n) is 9.38. The zero-order valence-corrected chi connectivity index (χ0v) is 9.38. The predicted molar refractivity (Wildman–Crippen MR) is 51.8 cm³/mol. The molecule has 0 spiro atoms. The van der Waals surface area contributed by atoms with Crippen molar-refractivity contribution in [1.29, 1.82) is 0 Å². The van der Waals surface area contributed by atoms with Crippen LogP contribution in [-0.2, 0) is 14.3 Å². The van der Waals surface area contributed by atoms with Gasteiger partial charge in [-0.3, -0.25) is 9.59 Å². The second-order valence-electron chi connectivity index (χ2n) is 5.02. The summed E-state index contributed by atoms with van der Waals surface area (Å²) in [5.74, 6) is -1.36. The Kier molecular flexibility index (Phi) is 3.68. The minimum atomic E-state index is -1.03. The maximum Gasteiger partial charge on any atom is 0.312 e. The highest BCUT2D eigenvalue weighted by Gasteiger charge is 2.31. The lowest BCUT2D eigenvalue weighted by Gasteiger charge is -2.22. The number of rotatable bonds is 3. The SMILES string of the molecule is CC(C)(C)C(=O)OCC(C)(C)C(=O)O. The smallest absolute Gasteiger partial charge is 0.312 e. The van der Waals surface area contributed by atoms with Crippen molar-refractivity contribution in [2.75, 3.05) is 6.61 Å². The van der Waals surface area contributed by atoms with Crippen LogP contribution in [-0.4, -0.2) is 23.7 Å². The van der Waals surface area contributed by atoms with Crippen LogP contribution in [0.5, 0.6) is 0 Å². The maximum absolute atomic E-state index is 11.3. The van der Waals surface area contributed by atoms with Crippen molar-refractivity contribution in [2.45, 2.75) is 34.6 Å². The Morgan fingerprint density at radius 3 is 1.86 bits per heavy atom. The predicted octanol–water partition coefficient (Wildman–Crippen LogP) is 1.69. The number of ether oxygens (including phenoxy) is 1. The van der Waals surface area contributed by atoms with Gasteiger partial charge in [0, 0.05) is 0 Å². The van der Waals surface area contributed by atoms with Crippen molar-refractivity contribution >= 4 is 11.9 Å². The lowest BCUT2D eigenvalue weighted by atomic mass is 9.94. The topological polar surface area (TPSA) is 63.6 Å². The Morgan fingerprint density at radius 1 is 1.14 bits per heavy atom. The molecule has 0 bridgehead atoms. The van der Waals surface area contributed by atoms with E-state index in [-0.39, 0.29) is 12.6 Å². The van der Waals surface area contributed by atoms with Crippen molar-refractivity contribution in [3.63, 3.8) is 0 Å². The van der Waals surface area contributed by atoms with Crippen LogP contribution in [0.15, 0.2) is 0 Å². The van der Waals surface area contributed by atoms with E-state index in [0.717, 1.165) is 0 Å². The molecule has 0 amide bonds. The first-order valence-electron chi connectivity index (χ1n) is 4.48. The summed E-state index contributed by atoms with van der Waals surface area (Å²) < 4.78 is 4.91. The molecule has 82 valence electrons. The fourth-order valence-corrected chi connectivity index (χ4v) is 0.524. The molecule has 4 heteroatoms. The summed E-state index contributed by atoms with van der Waals surface area (Å²) in [4.78, 5) is 22.0. The Bertz CT molecular complexity index is 235. The first-order valence-corrected chi connectivity index (χ1v) is 4.48. The first kappa shape index (κ1) is 12.9. The van der Waals surface area contributed by atoms with E-state index < -0.39 is 16.8 Å². The summed E-state index contributed by atoms with van der Waals surface area (Å²) in [6.07, 6.45) is 0. The van der Waals surface area contributed by atoms with Gasteiger partial charge in [-0.05, 0) is 34.6 Å². The lowest BCUT2D eigenvalue weighted by molar-refractivity contribution is -0.162. The Balaban J connectivity index is 4.21. The van der Waals surface area contributed by atoms with Crippen LogP contribution < -0.4 is 0 Å². The van der Waals surface area contributed by atoms with Crippen LogP contribution in [0.1, 0.15) is 34.6 Å². The maximum atomic E-state index is 11.3. The molecule has 0 aromatic carbocycles. The fourth-order valence-electron chi connectivity index (χ4n) is 0.524. The van der Waals surface area contributed by atoms with Crippen LogP contribution in [0.4, 0.5) is 0 Å². The average molecular weight is 202 g/mol. The monoisotopic (exact) mass is 202 g/mol. The second-order valence-corrected chi connectivity index (χ2v) is 5.02. The van der Waals surface area contributed by atoms with Gasteiger partial charge in [-0.1, -0.05) is 0 Å². The molecule has 0 radical (unpaired) electrons. The molecule has 0 aliphatic carbocycles. The molecule has 0 unspecified atom stereocenters. The average Bonchev–Trinajstić information content (AvgIpc) is 1.98. The molecule has 0 aromatic heterocycles. The van der Waals surface area contributed by atoms with Crippen molar-refractivity contribution in [2.24, 2.45) is 10.8 Å². The second kappa shape index (κ2) is 3.98. The van der Waals surface area contributed by atoms with Gasteiger partial charge in [-0.15, -0.1) is 0 Å². The Morgan fingerprint density at radius 2 is 1.57 bits per heavy atom. The minimum Gasteiger partial charge on any atom is -0.481 e. The molecule has 0 saturated heterocycles. The quantitative estimate of drug-likeness (QED) is 0.707. The first-order chi connectivity index (χ1) is 6.07. The summed E-state index contributed by atoms with van der Waals surface area (Å²) in [6, 6.07) is 0. The fraction of sp³-hybridized carbons (Fsp3) is 0.800. The molecule has 0 fully saturated rings. The zero-order chi connectivity index (χ0) is 11.6. The van der Waals surface area contributed by atoms with Crippen molar-refractivity contribution in [3.05, 3.63) is 0 Å². The van der Waals surface area contributed by atoms with Crippen molar-refractivity contribution < 1.29 is 19.4 Å². The van der Waals surface area contributed by atoms with E-state index in [9.17, 15) is 9.59 Å². The molecule has 0 atom stereocenters. The van der Waals surface area contributed by atoms with Gasteiger partial charge in [0.15, 0.2) is 0 Å². The van der Waals surface area contributed by atoms with E-state index in [1.54, 1.807) is 20.8 Å². The molecule has 0 aromatic rings. The van der Waals surface area contributed by atoms with Gasteiger partial charge >= 0.3 is 11.9 Å². The van der Waals surface area contributed by atoms with Crippen LogP contribution in [0.3, 0.4) is 0 Å². The van der Waals surface area contributed by atoms with Crippen molar-refractivity contribution in [1.82, 2.24) is 0 Å². The highest BCUT2D eigenvalue weighted by molar-refractivity contribution is 5.77. The Hall–Kier alpha value is -1.06. The molecule has 0 saturated carbocycles. The molecule has 0 rings (SSSR count). The van der Waals surface area contributed by atoms with E-state index in [2.05, 4.69) is 0 Å². The Labute approximate surface area is 84.3 Å². The standard InChI is InChI=1S/C10H18O4/c1-9(2,3)8(13)14-6-10(4,5)7(11)12/h6H2,1-5H3,(H,11,12). The molecule has 4 nitrogen and oxygen atoms in total. The molecule has 0 heterocycles. The van der Waals surface area contributed by atoms with Crippen LogP contribution in [0.2, 0.25) is 0 Å².